The summed E-state index contributed by atoms with van der Waals surface area (Å²) >= 11 is 0. The molecule has 4 nitrogen and oxygen atoms in total. The van der Waals surface area contributed by atoms with Gasteiger partial charge >= 0.3 is 0 Å². The molecule has 1 saturated heterocycles. The van der Waals surface area contributed by atoms with Crippen LogP contribution in [0.3, 0.4) is 0 Å². The zero-order chi connectivity index (χ0) is 13.7. The fourth-order valence-corrected chi connectivity index (χ4v) is 3.96. The van der Waals surface area contributed by atoms with Crippen LogP contribution in [0, 0.1) is 5.92 Å². The lowest BCUT2D eigenvalue weighted by Crippen LogP contribution is -2.60. The van der Waals surface area contributed by atoms with E-state index in [1.165, 1.54) is 38.6 Å². The smallest absolute Gasteiger partial charge is 0.0589 e. The standard InChI is InChI=1S/C15H30N2O2/c1-18-11-13-5-4-8-17(10-13)15(12-16)7-3-6-14(9-15)19-2/h13-14H,3-12,16H2,1-2H3. The van der Waals surface area contributed by atoms with Crippen LogP contribution in [0.25, 0.3) is 0 Å². The highest BCUT2D eigenvalue weighted by atomic mass is 16.5. The van der Waals surface area contributed by atoms with Crippen LogP contribution >= 0.6 is 0 Å². The second kappa shape index (κ2) is 7.02. The summed E-state index contributed by atoms with van der Waals surface area (Å²) in [7, 11) is 3.64. The minimum atomic E-state index is 0.172. The van der Waals surface area contributed by atoms with E-state index in [4.69, 9.17) is 15.2 Å². The third-order valence-electron chi connectivity index (χ3n) is 5.08. The predicted molar refractivity (Wildman–Crippen MR) is 77.2 cm³/mol. The van der Waals surface area contributed by atoms with Crippen LogP contribution in [0.1, 0.15) is 38.5 Å². The second-order valence-electron chi connectivity index (χ2n) is 6.29. The molecule has 0 aromatic rings. The Kier molecular flexibility index (Phi) is 5.63. The Hall–Kier alpha value is -0.160. The van der Waals surface area contributed by atoms with Gasteiger partial charge in [0.2, 0.25) is 0 Å². The number of hydrogen-bond acceptors (Lipinski definition) is 4. The number of hydrogen-bond donors (Lipinski definition) is 1. The molecule has 0 aromatic heterocycles. The molecule has 0 spiro atoms. The number of piperidine rings is 1. The molecule has 2 N–H and O–H groups in total. The molecule has 1 heterocycles. The summed E-state index contributed by atoms with van der Waals surface area (Å²) in [6, 6.07) is 0. The second-order valence-corrected chi connectivity index (χ2v) is 6.29. The van der Waals surface area contributed by atoms with Gasteiger partial charge in [0.05, 0.1) is 12.7 Å². The van der Waals surface area contributed by atoms with E-state index < -0.39 is 0 Å². The Balaban J connectivity index is 2.02. The SMILES string of the molecule is COCC1CCCN(C2(CN)CCCC(OC)C2)C1. The van der Waals surface area contributed by atoms with Gasteiger partial charge in [-0.2, -0.15) is 0 Å². The normalized spacial score (nSPS) is 37.4. The zero-order valence-corrected chi connectivity index (χ0v) is 12.6. The molecule has 0 aromatic carbocycles. The van der Waals surface area contributed by atoms with Crippen molar-refractivity contribution in [3.8, 4) is 0 Å². The van der Waals surface area contributed by atoms with E-state index in [2.05, 4.69) is 4.90 Å². The maximum atomic E-state index is 6.18. The predicted octanol–water partition coefficient (Wildman–Crippen LogP) is 1.63. The van der Waals surface area contributed by atoms with Crippen LogP contribution in [0.2, 0.25) is 0 Å². The number of ether oxygens (including phenoxy) is 2. The van der Waals surface area contributed by atoms with Crippen LogP contribution in [-0.4, -0.2) is 57.0 Å². The molecule has 19 heavy (non-hydrogen) atoms. The molecule has 1 aliphatic carbocycles. The van der Waals surface area contributed by atoms with Crippen molar-refractivity contribution in [2.75, 3.05) is 40.5 Å². The summed E-state index contributed by atoms with van der Waals surface area (Å²) in [6.07, 6.45) is 7.70. The van der Waals surface area contributed by atoms with Crippen molar-refractivity contribution in [2.24, 2.45) is 11.7 Å². The van der Waals surface area contributed by atoms with Crippen molar-refractivity contribution < 1.29 is 9.47 Å². The van der Waals surface area contributed by atoms with Gasteiger partial charge < -0.3 is 15.2 Å². The van der Waals surface area contributed by atoms with Crippen LogP contribution < -0.4 is 5.73 Å². The van der Waals surface area contributed by atoms with Gasteiger partial charge in [-0.15, -0.1) is 0 Å². The van der Waals surface area contributed by atoms with Gasteiger partial charge in [0, 0.05) is 32.8 Å². The van der Waals surface area contributed by atoms with E-state index in [-0.39, 0.29) is 5.54 Å². The average molecular weight is 270 g/mol. The fourth-order valence-electron chi connectivity index (χ4n) is 3.96. The number of methoxy groups -OCH3 is 2. The number of nitrogens with two attached hydrogens (primary N) is 1. The van der Waals surface area contributed by atoms with Crippen molar-refractivity contribution >= 4 is 0 Å². The molecule has 2 aliphatic rings. The quantitative estimate of drug-likeness (QED) is 0.825. The molecule has 2 rings (SSSR count). The minimum Gasteiger partial charge on any atom is -0.384 e. The van der Waals surface area contributed by atoms with Crippen LogP contribution in [0.15, 0.2) is 0 Å². The Morgan fingerprint density at radius 1 is 1.26 bits per heavy atom. The topological polar surface area (TPSA) is 47.7 Å². The van der Waals surface area contributed by atoms with Gasteiger partial charge in [0.1, 0.15) is 0 Å². The van der Waals surface area contributed by atoms with Gasteiger partial charge in [0.25, 0.3) is 0 Å². The van der Waals surface area contributed by atoms with Crippen molar-refractivity contribution in [1.29, 1.82) is 0 Å². The van der Waals surface area contributed by atoms with E-state index in [0.29, 0.717) is 12.0 Å². The summed E-state index contributed by atoms with van der Waals surface area (Å²) in [5.41, 5.74) is 6.35. The molecule has 3 atom stereocenters. The van der Waals surface area contributed by atoms with E-state index >= 15 is 0 Å². The Morgan fingerprint density at radius 2 is 2.11 bits per heavy atom. The first-order valence-electron chi connectivity index (χ1n) is 7.71. The Morgan fingerprint density at radius 3 is 2.79 bits per heavy atom. The third kappa shape index (κ3) is 3.48. The number of likely N-dealkylation sites (tertiary alicyclic amines) is 1. The average Bonchev–Trinajstić information content (AvgIpc) is 2.48. The molecule has 1 saturated carbocycles. The van der Waals surface area contributed by atoms with Crippen molar-refractivity contribution in [3.63, 3.8) is 0 Å². The van der Waals surface area contributed by atoms with Crippen molar-refractivity contribution in [3.05, 3.63) is 0 Å². The third-order valence-corrected chi connectivity index (χ3v) is 5.08. The first kappa shape index (κ1) is 15.2. The lowest BCUT2D eigenvalue weighted by atomic mass is 9.77. The Labute approximate surface area is 117 Å². The van der Waals surface area contributed by atoms with Crippen LogP contribution in [0.5, 0.6) is 0 Å². The van der Waals surface area contributed by atoms with Gasteiger partial charge in [-0.1, -0.05) is 0 Å². The molecular formula is C15H30N2O2. The fraction of sp³-hybridized carbons (Fsp3) is 1.00. The highest BCUT2D eigenvalue weighted by Gasteiger charge is 2.41. The Bertz CT molecular complexity index is 273. The molecule has 112 valence electrons. The lowest BCUT2D eigenvalue weighted by molar-refractivity contribution is -0.0441. The van der Waals surface area contributed by atoms with Gasteiger partial charge in [-0.25, -0.2) is 0 Å². The number of nitrogens with zero attached hydrogens (tertiary/aromatic N) is 1. The summed E-state index contributed by atoms with van der Waals surface area (Å²) in [5, 5.41) is 0. The van der Waals surface area contributed by atoms with E-state index in [1.54, 1.807) is 7.11 Å². The lowest BCUT2D eigenvalue weighted by Gasteiger charge is -2.50. The van der Waals surface area contributed by atoms with Crippen molar-refractivity contribution in [2.45, 2.75) is 50.2 Å². The molecular weight excluding hydrogens is 240 g/mol. The largest absolute Gasteiger partial charge is 0.384 e. The van der Waals surface area contributed by atoms with E-state index in [0.717, 1.165) is 26.1 Å². The summed E-state index contributed by atoms with van der Waals surface area (Å²) < 4.78 is 10.9. The molecule has 0 radical (unpaired) electrons. The van der Waals surface area contributed by atoms with Crippen LogP contribution in [0.4, 0.5) is 0 Å². The number of rotatable bonds is 5. The van der Waals surface area contributed by atoms with E-state index in [9.17, 15) is 0 Å². The van der Waals surface area contributed by atoms with Gasteiger partial charge in [-0.05, 0) is 51.0 Å². The van der Waals surface area contributed by atoms with Crippen molar-refractivity contribution in [1.82, 2.24) is 4.90 Å². The van der Waals surface area contributed by atoms with Crippen LogP contribution in [-0.2, 0) is 9.47 Å². The van der Waals surface area contributed by atoms with Gasteiger partial charge in [0.15, 0.2) is 0 Å². The maximum absolute atomic E-state index is 6.18. The molecule has 0 amide bonds. The monoisotopic (exact) mass is 270 g/mol. The highest BCUT2D eigenvalue weighted by Crippen LogP contribution is 2.36. The first-order chi connectivity index (χ1) is 9.24. The highest BCUT2D eigenvalue weighted by molar-refractivity contribution is 4.98. The maximum Gasteiger partial charge on any atom is 0.0589 e. The molecule has 0 bridgehead atoms. The summed E-state index contributed by atoms with van der Waals surface area (Å²) in [5.74, 6) is 0.671. The minimum absolute atomic E-state index is 0.172. The molecule has 3 unspecified atom stereocenters. The zero-order valence-electron chi connectivity index (χ0n) is 12.6. The summed E-state index contributed by atoms with van der Waals surface area (Å²) in [6.45, 7) is 3.97. The van der Waals surface area contributed by atoms with Gasteiger partial charge in [-0.3, -0.25) is 4.90 Å². The first-order valence-corrected chi connectivity index (χ1v) is 7.71. The summed E-state index contributed by atoms with van der Waals surface area (Å²) in [4.78, 5) is 2.64. The molecule has 2 fully saturated rings. The molecule has 1 aliphatic heterocycles. The molecule has 4 heteroatoms. The van der Waals surface area contributed by atoms with E-state index in [1.807, 2.05) is 7.11 Å².